The highest BCUT2D eigenvalue weighted by molar-refractivity contribution is 5.78. The lowest BCUT2D eigenvalue weighted by molar-refractivity contribution is -0.141. The molecule has 2 N–H and O–H groups in total. The molecule has 0 radical (unpaired) electrons. The van der Waals surface area contributed by atoms with Crippen LogP contribution in [-0.2, 0) is 9.59 Å². The maximum Gasteiger partial charge on any atom is 0.308 e. The Hall–Kier alpha value is -1.84. The SMILES string of the molecule is CCC(CC(=O)NCC(C)C(=O)O)c1ccc(C)cc1. The second kappa shape index (κ2) is 7.68. The topological polar surface area (TPSA) is 66.4 Å². The van der Waals surface area contributed by atoms with Gasteiger partial charge in [-0.05, 0) is 24.8 Å². The number of rotatable bonds is 7. The van der Waals surface area contributed by atoms with E-state index in [0.29, 0.717) is 6.42 Å². The van der Waals surface area contributed by atoms with Crippen LogP contribution >= 0.6 is 0 Å². The minimum absolute atomic E-state index is 0.0921. The van der Waals surface area contributed by atoms with Crippen LogP contribution in [-0.4, -0.2) is 23.5 Å². The molecule has 1 aromatic rings. The van der Waals surface area contributed by atoms with Gasteiger partial charge in [-0.3, -0.25) is 9.59 Å². The van der Waals surface area contributed by atoms with Crippen molar-refractivity contribution in [3.63, 3.8) is 0 Å². The van der Waals surface area contributed by atoms with Crippen LogP contribution in [0, 0.1) is 12.8 Å². The maximum absolute atomic E-state index is 11.9. The Morgan fingerprint density at radius 2 is 1.85 bits per heavy atom. The number of amides is 1. The molecule has 2 atom stereocenters. The van der Waals surface area contributed by atoms with E-state index >= 15 is 0 Å². The van der Waals surface area contributed by atoms with Crippen LogP contribution in [0.5, 0.6) is 0 Å². The van der Waals surface area contributed by atoms with Crippen molar-refractivity contribution in [2.24, 2.45) is 5.92 Å². The summed E-state index contributed by atoms with van der Waals surface area (Å²) in [6.45, 7) is 5.85. The summed E-state index contributed by atoms with van der Waals surface area (Å²) >= 11 is 0. The summed E-state index contributed by atoms with van der Waals surface area (Å²) in [5, 5.41) is 11.5. The van der Waals surface area contributed by atoms with Crippen LogP contribution in [0.15, 0.2) is 24.3 Å². The molecule has 4 nitrogen and oxygen atoms in total. The fourth-order valence-corrected chi connectivity index (χ4v) is 1.99. The van der Waals surface area contributed by atoms with Crippen LogP contribution in [0.3, 0.4) is 0 Å². The van der Waals surface area contributed by atoms with E-state index in [1.807, 2.05) is 19.1 Å². The number of carboxylic acids is 1. The number of aliphatic carboxylic acids is 1. The number of hydrogen-bond acceptors (Lipinski definition) is 2. The van der Waals surface area contributed by atoms with Crippen molar-refractivity contribution in [1.82, 2.24) is 5.32 Å². The molecule has 0 saturated heterocycles. The van der Waals surface area contributed by atoms with Gasteiger partial charge in [0.1, 0.15) is 0 Å². The van der Waals surface area contributed by atoms with E-state index in [1.165, 1.54) is 5.56 Å². The van der Waals surface area contributed by atoms with Crippen LogP contribution in [0.4, 0.5) is 0 Å². The van der Waals surface area contributed by atoms with Crippen molar-refractivity contribution in [3.05, 3.63) is 35.4 Å². The molecular weight excluding hydrogens is 254 g/mol. The molecule has 0 aliphatic carbocycles. The van der Waals surface area contributed by atoms with Crippen LogP contribution in [0.2, 0.25) is 0 Å². The average molecular weight is 277 g/mol. The molecule has 4 heteroatoms. The van der Waals surface area contributed by atoms with E-state index in [1.54, 1.807) is 6.92 Å². The Kier molecular flexibility index (Phi) is 6.22. The average Bonchev–Trinajstić information content (AvgIpc) is 2.43. The maximum atomic E-state index is 11.9. The molecule has 1 amide bonds. The van der Waals surface area contributed by atoms with E-state index in [4.69, 9.17) is 5.11 Å². The zero-order valence-electron chi connectivity index (χ0n) is 12.3. The highest BCUT2D eigenvalue weighted by Gasteiger charge is 2.16. The van der Waals surface area contributed by atoms with Gasteiger partial charge in [0, 0.05) is 13.0 Å². The largest absolute Gasteiger partial charge is 0.481 e. The lowest BCUT2D eigenvalue weighted by Gasteiger charge is -2.16. The predicted molar refractivity (Wildman–Crippen MR) is 78.6 cm³/mol. The number of carbonyl (C=O) groups is 2. The van der Waals surface area contributed by atoms with Crippen molar-refractivity contribution in [3.8, 4) is 0 Å². The molecule has 0 bridgehead atoms. The van der Waals surface area contributed by atoms with Crippen molar-refractivity contribution in [1.29, 1.82) is 0 Å². The zero-order valence-corrected chi connectivity index (χ0v) is 12.3. The van der Waals surface area contributed by atoms with E-state index in [0.717, 1.165) is 12.0 Å². The summed E-state index contributed by atoms with van der Waals surface area (Å²) < 4.78 is 0. The minimum atomic E-state index is -0.893. The summed E-state index contributed by atoms with van der Waals surface area (Å²) in [5.74, 6) is -1.37. The van der Waals surface area contributed by atoms with Crippen LogP contribution in [0.25, 0.3) is 0 Å². The summed E-state index contributed by atoms with van der Waals surface area (Å²) in [6.07, 6.45) is 1.27. The van der Waals surface area contributed by atoms with Gasteiger partial charge in [0.2, 0.25) is 5.91 Å². The zero-order chi connectivity index (χ0) is 15.1. The van der Waals surface area contributed by atoms with Gasteiger partial charge in [-0.15, -0.1) is 0 Å². The smallest absolute Gasteiger partial charge is 0.308 e. The summed E-state index contributed by atoms with van der Waals surface area (Å²) in [7, 11) is 0. The molecule has 0 aromatic heterocycles. The molecule has 0 fully saturated rings. The molecule has 1 aromatic carbocycles. The Labute approximate surface area is 120 Å². The number of nitrogens with one attached hydrogen (secondary N) is 1. The van der Waals surface area contributed by atoms with E-state index < -0.39 is 11.9 Å². The molecule has 1 rings (SSSR count). The number of benzene rings is 1. The molecular formula is C16H23NO3. The predicted octanol–water partition coefficient (Wildman–Crippen LogP) is 2.72. The Balaban J connectivity index is 2.53. The highest BCUT2D eigenvalue weighted by atomic mass is 16.4. The number of aryl methyl sites for hydroxylation is 1. The van der Waals surface area contributed by atoms with Crippen LogP contribution < -0.4 is 5.32 Å². The van der Waals surface area contributed by atoms with E-state index in [9.17, 15) is 9.59 Å². The van der Waals surface area contributed by atoms with Gasteiger partial charge in [-0.2, -0.15) is 0 Å². The third-order valence-corrected chi connectivity index (χ3v) is 3.50. The Morgan fingerprint density at radius 1 is 1.25 bits per heavy atom. The fraction of sp³-hybridized carbons (Fsp3) is 0.500. The first-order chi connectivity index (χ1) is 9.43. The monoisotopic (exact) mass is 277 g/mol. The second-order valence-electron chi connectivity index (χ2n) is 5.26. The van der Waals surface area contributed by atoms with Gasteiger partial charge in [0.25, 0.3) is 0 Å². The first kappa shape index (κ1) is 16.2. The van der Waals surface area contributed by atoms with Crippen molar-refractivity contribution in [2.45, 2.75) is 39.5 Å². The quantitative estimate of drug-likeness (QED) is 0.805. The number of hydrogen-bond donors (Lipinski definition) is 2. The summed E-state index contributed by atoms with van der Waals surface area (Å²) in [5.41, 5.74) is 2.35. The lowest BCUT2D eigenvalue weighted by Crippen LogP contribution is -2.32. The molecule has 0 saturated carbocycles. The normalized spacial score (nSPS) is 13.6. The van der Waals surface area contributed by atoms with Crippen molar-refractivity contribution in [2.75, 3.05) is 6.54 Å². The molecule has 0 spiro atoms. The van der Waals surface area contributed by atoms with Gasteiger partial charge in [-0.1, -0.05) is 43.7 Å². The molecule has 20 heavy (non-hydrogen) atoms. The Morgan fingerprint density at radius 3 is 2.35 bits per heavy atom. The van der Waals surface area contributed by atoms with Gasteiger partial charge in [-0.25, -0.2) is 0 Å². The first-order valence-corrected chi connectivity index (χ1v) is 7.00. The van der Waals surface area contributed by atoms with E-state index in [-0.39, 0.29) is 18.4 Å². The van der Waals surface area contributed by atoms with E-state index in [2.05, 4.69) is 24.4 Å². The molecule has 110 valence electrons. The molecule has 0 heterocycles. The van der Waals surface area contributed by atoms with Crippen molar-refractivity contribution >= 4 is 11.9 Å². The highest BCUT2D eigenvalue weighted by Crippen LogP contribution is 2.23. The number of carbonyl (C=O) groups excluding carboxylic acids is 1. The second-order valence-corrected chi connectivity index (χ2v) is 5.26. The van der Waals surface area contributed by atoms with Crippen LogP contribution in [0.1, 0.15) is 43.7 Å². The summed E-state index contributed by atoms with van der Waals surface area (Å²) in [6, 6.07) is 8.19. The lowest BCUT2D eigenvalue weighted by atomic mass is 9.92. The first-order valence-electron chi connectivity index (χ1n) is 7.00. The van der Waals surface area contributed by atoms with Gasteiger partial charge in [0.05, 0.1) is 5.92 Å². The third-order valence-electron chi connectivity index (χ3n) is 3.50. The summed E-state index contributed by atoms with van der Waals surface area (Å²) in [4.78, 5) is 22.6. The number of carboxylic acid groups (broad SMARTS) is 1. The molecule has 0 aliphatic rings. The third kappa shape index (κ3) is 5.03. The standard InChI is InChI=1S/C16H23NO3/c1-4-13(14-7-5-11(2)6-8-14)9-15(18)17-10-12(3)16(19)20/h5-8,12-13H,4,9-10H2,1-3H3,(H,17,18)(H,19,20). The molecule has 0 aliphatic heterocycles. The fourth-order valence-electron chi connectivity index (χ4n) is 1.99. The van der Waals surface area contributed by atoms with Gasteiger partial charge in [0.15, 0.2) is 0 Å². The molecule has 2 unspecified atom stereocenters. The van der Waals surface area contributed by atoms with Gasteiger partial charge < -0.3 is 10.4 Å². The Bertz CT molecular complexity index is 453. The van der Waals surface area contributed by atoms with Gasteiger partial charge >= 0.3 is 5.97 Å². The minimum Gasteiger partial charge on any atom is -0.481 e. The van der Waals surface area contributed by atoms with Crippen molar-refractivity contribution < 1.29 is 14.7 Å².